The maximum Gasteiger partial charge on any atom is 0.270 e. The van der Waals surface area contributed by atoms with Crippen molar-refractivity contribution in [1.29, 1.82) is 0 Å². The van der Waals surface area contributed by atoms with Crippen LogP contribution in [0.1, 0.15) is 46.3 Å². The van der Waals surface area contributed by atoms with Crippen LogP contribution in [0, 0.1) is 11.7 Å². The summed E-state index contributed by atoms with van der Waals surface area (Å²) in [5.74, 6) is -0.207. The van der Waals surface area contributed by atoms with Gasteiger partial charge in [0.15, 0.2) is 11.6 Å². The van der Waals surface area contributed by atoms with Crippen LogP contribution in [0.15, 0.2) is 54.9 Å². The van der Waals surface area contributed by atoms with Crippen LogP contribution in [0.3, 0.4) is 0 Å². The third-order valence-corrected chi connectivity index (χ3v) is 6.64. The number of methoxy groups -OCH3 is 1. The molecule has 1 aliphatic heterocycles. The molecule has 0 bridgehead atoms. The molecule has 36 heavy (non-hydrogen) atoms. The molecule has 0 unspecified atom stereocenters. The Balaban J connectivity index is 1.42. The summed E-state index contributed by atoms with van der Waals surface area (Å²) in [5.41, 5.74) is 3.21. The SMILES string of the molecule is COc1ccc([C@H](NC(=O)c2ccc3cnc(CC4CCOCC4)cc3n2)c2ccnn2C)cc1F. The summed E-state index contributed by atoms with van der Waals surface area (Å²) in [6.07, 6.45) is 6.35. The summed E-state index contributed by atoms with van der Waals surface area (Å²) in [5, 5.41) is 8.08. The number of pyridine rings is 2. The van der Waals surface area contributed by atoms with Gasteiger partial charge in [-0.1, -0.05) is 6.07 Å². The predicted octanol–water partition coefficient (Wildman–Crippen LogP) is 4.00. The molecule has 4 aromatic rings. The molecule has 1 atom stereocenters. The number of rotatable bonds is 7. The highest BCUT2D eigenvalue weighted by Gasteiger charge is 2.23. The van der Waals surface area contributed by atoms with Crippen LogP contribution < -0.4 is 10.1 Å². The number of carbonyl (C=O) groups excluding carboxylic acids is 1. The second-order valence-corrected chi connectivity index (χ2v) is 9.00. The second kappa shape index (κ2) is 10.4. The summed E-state index contributed by atoms with van der Waals surface area (Å²) in [6.45, 7) is 1.58. The van der Waals surface area contributed by atoms with Crippen LogP contribution in [0.2, 0.25) is 0 Å². The summed E-state index contributed by atoms with van der Waals surface area (Å²) in [4.78, 5) is 22.6. The largest absolute Gasteiger partial charge is 0.494 e. The Labute approximate surface area is 208 Å². The van der Waals surface area contributed by atoms with E-state index < -0.39 is 11.9 Å². The van der Waals surface area contributed by atoms with Gasteiger partial charge in [-0.05, 0) is 67.1 Å². The van der Waals surface area contributed by atoms with Crippen LogP contribution in [0.25, 0.3) is 10.9 Å². The Hall–Kier alpha value is -3.85. The fraction of sp³-hybridized carbons (Fsp3) is 0.333. The minimum absolute atomic E-state index is 0.134. The zero-order valence-corrected chi connectivity index (χ0v) is 20.3. The molecule has 1 amide bonds. The first-order chi connectivity index (χ1) is 17.5. The van der Waals surface area contributed by atoms with E-state index in [-0.39, 0.29) is 17.4 Å². The molecule has 0 radical (unpaired) electrons. The lowest BCUT2D eigenvalue weighted by Crippen LogP contribution is -2.31. The molecule has 1 saturated heterocycles. The van der Waals surface area contributed by atoms with Crippen molar-refractivity contribution < 1.29 is 18.7 Å². The van der Waals surface area contributed by atoms with Gasteiger partial charge in [-0.15, -0.1) is 0 Å². The standard InChI is InChI=1S/C27H28FN5O3/c1-33-24(7-10-30-33)26(18-4-6-25(35-2)21(28)14-18)32-27(34)22-5-3-19-16-29-20(15-23(19)31-22)13-17-8-11-36-12-9-17/h3-7,10,14-17,26H,8-9,11-13H2,1-2H3,(H,32,34)/t26-/m0/s1. The summed E-state index contributed by atoms with van der Waals surface area (Å²) >= 11 is 0. The van der Waals surface area contributed by atoms with Gasteiger partial charge in [-0.3, -0.25) is 14.5 Å². The van der Waals surface area contributed by atoms with E-state index in [0.29, 0.717) is 22.7 Å². The van der Waals surface area contributed by atoms with E-state index in [9.17, 15) is 9.18 Å². The molecule has 1 aromatic carbocycles. The number of aromatic nitrogens is 4. The van der Waals surface area contributed by atoms with E-state index in [4.69, 9.17) is 9.47 Å². The second-order valence-electron chi connectivity index (χ2n) is 9.00. The van der Waals surface area contributed by atoms with Gasteiger partial charge in [0.05, 0.1) is 24.4 Å². The van der Waals surface area contributed by atoms with Crippen molar-refractivity contribution >= 4 is 16.8 Å². The Morgan fingerprint density at radius 3 is 2.78 bits per heavy atom. The Bertz CT molecular complexity index is 1380. The van der Waals surface area contributed by atoms with Gasteiger partial charge in [0, 0.05) is 43.7 Å². The molecule has 3 aromatic heterocycles. The van der Waals surface area contributed by atoms with E-state index in [1.54, 1.807) is 48.4 Å². The third-order valence-electron chi connectivity index (χ3n) is 6.64. The number of hydrogen-bond acceptors (Lipinski definition) is 6. The quantitative estimate of drug-likeness (QED) is 0.422. The Kier molecular flexibility index (Phi) is 6.90. The van der Waals surface area contributed by atoms with Crippen LogP contribution in [-0.4, -0.2) is 46.0 Å². The number of carbonyl (C=O) groups is 1. The first-order valence-electron chi connectivity index (χ1n) is 12.0. The van der Waals surface area contributed by atoms with E-state index in [2.05, 4.69) is 20.4 Å². The molecule has 1 N–H and O–H groups in total. The number of nitrogens with zero attached hydrogens (tertiary/aromatic N) is 4. The van der Waals surface area contributed by atoms with Gasteiger partial charge in [0.25, 0.3) is 5.91 Å². The lowest BCUT2D eigenvalue weighted by atomic mass is 9.94. The smallest absolute Gasteiger partial charge is 0.270 e. The van der Waals surface area contributed by atoms with E-state index in [1.807, 2.05) is 12.1 Å². The fourth-order valence-corrected chi connectivity index (χ4v) is 4.60. The first kappa shape index (κ1) is 23.9. The highest BCUT2D eigenvalue weighted by Crippen LogP contribution is 2.27. The number of amides is 1. The molecule has 5 rings (SSSR count). The zero-order valence-electron chi connectivity index (χ0n) is 20.3. The molecular weight excluding hydrogens is 461 g/mol. The minimum atomic E-state index is -0.635. The van der Waals surface area contributed by atoms with Gasteiger partial charge in [0.2, 0.25) is 0 Å². The number of aryl methyl sites for hydroxylation is 1. The van der Waals surface area contributed by atoms with Crippen LogP contribution in [-0.2, 0) is 18.2 Å². The maximum atomic E-state index is 14.5. The molecule has 1 fully saturated rings. The van der Waals surface area contributed by atoms with Gasteiger partial charge in [0.1, 0.15) is 5.69 Å². The molecule has 186 valence electrons. The number of ether oxygens (including phenoxy) is 2. The van der Waals surface area contributed by atoms with Crippen molar-refractivity contribution in [2.45, 2.75) is 25.3 Å². The highest BCUT2D eigenvalue weighted by molar-refractivity contribution is 5.95. The average molecular weight is 490 g/mol. The average Bonchev–Trinajstić information content (AvgIpc) is 3.32. The lowest BCUT2D eigenvalue weighted by molar-refractivity contribution is 0.0663. The van der Waals surface area contributed by atoms with Gasteiger partial charge < -0.3 is 14.8 Å². The number of benzene rings is 1. The molecule has 0 saturated carbocycles. The number of nitrogens with one attached hydrogen (secondary N) is 1. The molecule has 1 aliphatic rings. The summed E-state index contributed by atoms with van der Waals surface area (Å²) in [7, 11) is 3.18. The summed E-state index contributed by atoms with van der Waals surface area (Å²) in [6, 6.07) is 11.3. The van der Waals surface area contributed by atoms with Gasteiger partial charge >= 0.3 is 0 Å². The normalized spacial score (nSPS) is 15.1. The molecule has 0 aliphatic carbocycles. The van der Waals surface area contributed by atoms with Crippen molar-refractivity contribution in [3.8, 4) is 5.75 Å². The van der Waals surface area contributed by atoms with Crippen LogP contribution in [0.5, 0.6) is 5.75 Å². The molecular formula is C27H28FN5O3. The maximum absolute atomic E-state index is 14.5. The fourth-order valence-electron chi connectivity index (χ4n) is 4.60. The number of fused-ring (bicyclic) bond motifs is 1. The van der Waals surface area contributed by atoms with Gasteiger partial charge in [-0.25, -0.2) is 9.37 Å². The van der Waals surface area contributed by atoms with Crippen molar-refractivity contribution in [1.82, 2.24) is 25.1 Å². The molecule has 8 nitrogen and oxygen atoms in total. The molecule has 0 spiro atoms. The van der Waals surface area contributed by atoms with Crippen LogP contribution >= 0.6 is 0 Å². The topological polar surface area (TPSA) is 91.2 Å². The first-order valence-corrected chi connectivity index (χ1v) is 12.0. The number of hydrogen-bond donors (Lipinski definition) is 1. The van der Waals surface area contributed by atoms with Gasteiger partial charge in [-0.2, -0.15) is 5.10 Å². The third kappa shape index (κ3) is 5.06. The van der Waals surface area contributed by atoms with Crippen molar-refractivity contribution in [2.24, 2.45) is 13.0 Å². The Morgan fingerprint density at radius 2 is 2.06 bits per heavy atom. The monoisotopic (exact) mass is 489 g/mol. The van der Waals surface area contributed by atoms with Crippen molar-refractivity contribution in [3.63, 3.8) is 0 Å². The molecule has 4 heterocycles. The minimum Gasteiger partial charge on any atom is -0.494 e. The highest BCUT2D eigenvalue weighted by atomic mass is 19.1. The van der Waals surface area contributed by atoms with Crippen LogP contribution in [0.4, 0.5) is 4.39 Å². The van der Waals surface area contributed by atoms with E-state index in [0.717, 1.165) is 43.6 Å². The predicted molar refractivity (Wildman–Crippen MR) is 132 cm³/mol. The number of halogens is 1. The molecule has 9 heteroatoms. The Morgan fingerprint density at radius 1 is 1.22 bits per heavy atom. The van der Waals surface area contributed by atoms with Crippen molar-refractivity contribution in [2.75, 3.05) is 20.3 Å². The van der Waals surface area contributed by atoms with E-state index >= 15 is 0 Å². The lowest BCUT2D eigenvalue weighted by Gasteiger charge is -2.21. The summed E-state index contributed by atoms with van der Waals surface area (Å²) < 4.78 is 26.7. The van der Waals surface area contributed by atoms with E-state index in [1.165, 1.54) is 13.2 Å². The zero-order chi connectivity index (χ0) is 25.1. The van der Waals surface area contributed by atoms with Crippen molar-refractivity contribution in [3.05, 3.63) is 83.3 Å².